The molecule has 1 atom stereocenters. The topological polar surface area (TPSA) is 58.1 Å². The fourth-order valence-electron chi connectivity index (χ4n) is 2.53. The van der Waals surface area contributed by atoms with Crippen molar-refractivity contribution >= 4 is 5.96 Å². The number of morpholine rings is 1. The first kappa shape index (κ1) is 19.2. The van der Waals surface area contributed by atoms with E-state index in [0.29, 0.717) is 12.5 Å². The van der Waals surface area contributed by atoms with Crippen LogP contribution < -0.4 is 10.6 Å². The molecule has 0 bridgehead atoms. The van der Waals surface area contributed by atoms with E-state index in [2.05, 4.69) is 41.3 Å². The van der Waals surface area contributed by atoms with Crippen LogP contribution in [0.5, 0.6) is 0 Å². The first-order valence-electron chi connectivity index (χ1n) is 8.50. The Balaban J connectivity index is 2.36. The Morgan fingerprint density at radius 3 is 2.91 bits per heavy atom. The van der Waals surface area contributed by atoms with Crippen LogP contribution in [0, 0.1) is 5.92 Å². The Kier molecular flexibility index (Phi) is 10.2. The van der Waals surface area contributed by atoms with Crippen LogP contribution >= 0.6 is 0 Å². The van der Waals surface area contributed by atoms with E-state index in [1.807, 2.05) is 0 Å². The fourth-order valence-corrected chi connectivity index (χ4v) is 2.53. The number of methoxy groups -OCH3 is 1. The van der Waals surface area contributed by atoms with Gasteiger partial charge >= 0.3 is 0 Å². The van der Waals surface area contributed by atoms with Gasteiger partial charge in [-0.25, -0.2) is 0 Å². The maximum atomic E-state index is 5.84. The summed E-state index contributed by atoms with van der Waals surface area (Å²) in [5.74, 6) is 1.56. The third kappa shape index (κ3) is 8.56. The number of hydrogen-bond donors (Lipinski definition) is 2. The van der Waals surface area contributed by atoms with Gasteiger partial charge in [-0.05, 0) is 19.3 Å². The van der Waals surface area contributed by atoms with Crippen LogP contribution in [0.4, 0.5) is 0 Å². The first-order valence-corrected chi connectivity index (χ1v) is 8.50. The van der Waals surface area contributed by atoms with Gasteiger partial charge in [0.2, 0.25) is 0 Å². The van der Waals surface area contributed by atoms with Gasteiger partial charge in [0.25, 0.3) is 0 Å². The highest BCUT2D eigenvalue weighted by atomic mass is 16.5. The summed E-state index contributed by atoms with van der Waals surface area (Å²) >= 11 is 0. The summed E-state index contributed by atoms with van der Waals surface area (Å²) in [6, 6.07) is 0. The Hall–Kier alpha value is -0.850. The zero-order valence-corrected chi connectivity index (χ0v) is 14.7. The summed E-state index contributed by atoms with van der Waals surface area (Å²) < 4.78 is 10.9. The Morgan fingerprint density at radius 2 is 2.23 bits per heavy atom. The molecule has 0 aromatic carbocycles. The van der Waals surface area contributed by atoms with Gasteiger partial charge in [-0.2, -0.15) is 0 Å². The average Bonchev–Trinajstić information content (AvgIpc) is 2.49. The third-order valence-corrected chi connectivity index (χ3v) is 3.46. The standard InChI is InChI=1S/C16H34N4O2/c1-5-17-16(18-7-6-9-21-4)19-11-15-13-20(8-10-22-15)12-14(2)3/h14-15H,5-13H2,1-4H3,(H2,17,18,19). The maximum Gasteiger partial charge on any atom is 0.191 e. The largest absolute Gasteiger partial charge is 0.385 e. The summed E-state index contributed by atoms with van der Waals surface area (Å²) in [5, 5.41) is 6.60. The van der Waals surface area contributed by atoms with E-state index in [-0.39, 0.29) is 6.10 Å². The molecule has 1 rings (SSSR count). The molecule has 1 heterocycles. The second-order valence-electron chi connectivity index (χ2n) is 6.14. The van der Waals surface area contributed by atoms with E-state index in [1.165, 1.54) is 0 Å². The van der Waals surface area contributed by atoms with Gasteiger partial charge in [0.15, 0.2) is 5.96 Å². The van der Waals surface area contributed by atoms with Crippen LogP contribution in [0.3, 0.4) is 0 Å². The molecule has 6 heteroatoms. The number of guanidine groups is 1. The number of nitrogens with zero attached hydrogens (tertiary/aromatic N) is 2. The summed E-state index contributed by atoms with van der Waals surface area (Å²) in [6.07, 6.45) is 1.17. The molecule has 0 aromatic rings. The van der Waals surface area contributed by atoms with Gasteiger partial charge in [-0.3, -0.25) is 9.89 Å². The molecule has 1 unspecified atom stereocenters. The van der Waals surface area contributed by atoms with E-state index < -0.39 is 0 Å². The minimum absolute atomic E-state index is 0.196. The lowest BCUT2D eigenvalue weighted by atomic mass is 10.2. The molecule has 0 amide bonds. The molecular formula is C16H34N4O2. The number of rotatable bonds is 9. The van der Waals surface area contributed by atoms with Crippen LogP contribution in [0.25, 0.3) is 0 Å². The molecule has 130 valence electrons. The van der Waals surface area contributed by atoms with Crippen molar-refractivity contribution in [2.24, 2.45) is 10.9 Å². The van der Waals surface area contributed by atoms with Gasteiger partial charge in [0, 0.05) is 46.4 Å². The average molecular weight is 314 g/mol. The summed E-state index contributed by atoms with van der Waals surface area (Å²) in [6.45, 7) is 13.8. The van der Waals surface area contributed by atoms with Crippen LogP contribution in [-0.2, 0) is 9.47 Å². The molecule has 22 heavy (non-hydrogen) atoms. The molecular weight excluding hydrogens is 280 g/mol. The second kappa shape index (κ2) is 11.7. The molecule has 0 aromatic heterocycles. The predicted octanol–water partition coefficient (Wildman–Crippen LogP) is 0.935. The highest BCUT2D eigenvalue weighted by Crippen LogP contribution is 2.08. The van der Waals surface area contributed by atoms with E-state index in [4.69, 9.17) is 9.47 Å². The summed E-state index contributed by atoms with van der Waals surface area (Å²) in [5.41, 5.74) is 0. The molecule has 6 nitrogen and oxygen atoms in total. The lowest BCUT2D eigenvalue weighted by Gasteiger charge is -2.33. The molecule has 1 fully saturated rings. The third-order valence-electron chi connectivity index (χ3n) is 3.46. The van der Waals surface area contributed by atoms with E-state index in [0.717, 1.165) is 58.3 Å². The van der Waals surface area contributed by atoms with Crippen LogP contribution in [0.15, 0.2) is 4.99 Å². The van der Waals surface area contributed by atoms with Crippen molar-refractivity contribution in [1.82, 2.24) is 15.5 Å². The summed E-state index contributed by atoms with van der Waals surface area (Å²) in [4.78, 5) is 7.13. The second-order valence-corrected chi connectivity index (χ2v) is 6.14. The smallest absolute Gasteiger partial charge is 0.191 e. The molecule has 0 aliphatic carbocycles. The van der Waals surface area contributed by atoms with Crippen molar-refractivity contribution in [2.45, 2.75) is 33.3 Å². The lowest BCUT2D eigenvalue weighted by Crippen LogP contribution is -2.46. The molecule has 0 radical (unpaired) electrons. The Morgan fingerprint density at radius 1 is 1.41 bits per heavy atom. The van der Waals surface area contributed by atoms with Crippen molar-refractivity contribution < 1.29 is 9.47 Å². The number of aliphatic imine (C=N–C) groups is 1. The van der Waals surface area contributed by atoms with Gasteiger partial charge in [-0.1, -0.05) is 13.8 Å². The zero-order chi connectivity index (χ0) is 16.2. The highest BCUT2D eigenvalue weighted by molar-refractivity contribution is 5.79. The SMILES string of the molecule is CCNC(=NCC1CN(CC(C)C)CCO1)NCCCOC. The lowest BCUT2D eigenvalue weighted by molar-refractivity contribution is -0.0261. The Labute approximate surface area is 135 Å². The van der Waals surface area contributed by atoms with E-state index in [1.54, 1.807) is 7.11 Å². The maximum absolute atomic E-state index is 5.84. The first-order chi connectivity index (χ1) is 10.7. The van der Waals surface area contributed by atoms with Crippen molar-refractivity contribution in [2.75, 3.05) is 59.6 Å². The van der Waals surface area contributed by atoms with Crippen molar-refractivity contribution in [3.05, 3.63) is 0 Å². The zero-order valence-electron chi connectivity index (χ0n) is 14.7. The van der Waals surface area contributed by atoms with Gasteiger partial charge in [0.1, 0.15) is 0 Å². The van der Waals surface area contributed by atoms with Gasteiger partial charge < -0.3 is 20.1 Å². The normalized spacial score (nSPS) is 20.4. The van der Waals surface area contributed by atoms with Gasteiger partial charge in [-0.15, -0.1) is 0 Å². The van der Waals surface area contributed by atoms with Crippen LogP contribution in [0.2, 0.25) is 0 Å². The monoisotopic (exact) mass is 314 g/mol. The number of ether oxygens (including phenoxy) is 2. The Bertz CT molecular complexity index is 311. The van der Waals surface area contributed by atoms with Crippen molar-refractivity contribution in [3.63, 3.8) is 0 Å². The molecule has 1 saturated heterocycles. The molecule has 1 aliphatic heterocycles. The van der Waals surface area contributed by atoms with Crippen molar-refractivity contribution in [3.8, 4) is 0 Å². The summed E-state index contributed by atoms with van der Waals surface area (Å²) in [7, 11) is 1.72. The van der Waals surface area contributed by atoms with Gasteiger partial charge in [0.05, 0.1) is 19.3 Å². The number of hydrogen-bond acceptors (Lipinski definition) is 4. The molecule has 1 aliphatic rings. The van der Waals surface area contributed by atoms with Crippen LogP contribution in [0.1, 0.15) is 27.2 Å². The van der Waals surface area contributed by atoms with E-state index in [9.17, 15) is 0 Å². The highest BCUT2D eigenvalue weighted by Gasteiger charge is 2.20. The van der Waals surface area contributed by atoms with E-state index >= 15 is 0 Å². The minimum atomic E-state index is 0.196. The number of nitrogens with one attached hydrogen (secondary N) is 2. The molecule has 0 spiro atoms. The predicted molar refractivity (Wildman–Crippen MR) is 91.5 cm³/mol. The van der Waals surface area contributed by atoms with Crippen LogP contribution in [-0.4, -0.2) is 76.6 Å². The molecule has 0 saturated carbocycles. The quantitative estimate of drug-likeness (QED) is 0.377. The molecule has 2 N–H and O–H groups in total. The fraction of sp³-hybridized carbons (Fsp3) is 0.938. The minimum Gasteiger partial charge on any atom is -0.385 e. The van der Waals surface area contributed by atoms with Crippen molar-refractivity contribution in [1.29, 1.82) is 0 Å².